The highest BCUT2D eigenvalue weighted by molar-refractivity contribution is 5.99. The number of hydrogen-bond donors (Lipinski definition) is 2. The molecular formula is C14H9NO3. The Bertz CT molecular complexity index is 780. The number of aromatic carboxylic acids is 1. The van der Waals surface area contributed by atoms with Crippen LogP contribution >= 0.6 is 0 Å². The Morgan fingerprint density at radius 2 is 1.78 bits per heavy atom. The van der Waals surface area contributed by atoms with E-state index in [9.17, 15) is 9.90 Å². The second-order valence-electron chi connectivity index (χ2n) is 4.05. The lowest BCUT2D eigenvalue weighted by Gasteiger charge is -2.04. The van der Waals surface area contributed by atoms with Crippen molar-refractivity contribution in [1.82, 2.24) is 4.98 Å². The van der Waals surface area contributed by atoms with Crippen molar-refractivity contribution in [2.75, 3.05) is 0 Å². The summed E-state index contributed by atoms with van der Waals surface area (Å²) in [6, 6.07) is 12.2. The molecule has 0 radical (unpaired) electrons. The molecule has 3 aromatic rings. The number of carboxylic acid groups (broad SMARTS) is 1. The van der Waals surface area contributed by atoms with Gasteiger partial charge in [0.25, 0.3) is 0 Å². The summed E-state index contributed by atoms with van der Waals surface area (Å²) in [5.74, 6) is -1.42. The van der Waals surface area contributed by atoms with Crippen LogP contribution in [-0.2, 0) is 0 Å². The number of carboxylic acids is 1. The Kier molecular flexibility index (Phi) is 2.16. The van der Waals surface area contributed by atoms with Gasteiger partial charge in [0.1, 0.15) is 11.3 Å². The zero-order chi connectivity index (χ0) is 12.7. The highest BCUT2D eigenvalue weighted by Crippen LogP contribution is 2.26. The summed E-state index contributed by atoms with van der Waals surface area (Å²) < 4.78 is 0. The third kappa shape index (κ3) is 1.55. The predicted octanol–water partition coefficient (Wildman–Crippen LogP) is 2.79. The molecule has 0 saturated carbocycles. The summed E-state index contributed by atoms with van der Waals surface area (Å²) in [6.07, 6.45) is 0. The number of para-hydroxylation sites is 1. The van der Waals surface area contributed by atoms with Gasteiger partial charge in [-0.15, -0.1) is 0 Å². The van der Waals surface area contributed by atoms with Crippen LogP contribution in [-0.4, -0.2) is 21.2 Å². The van der Waals surface area contributed by atoms with E-state index in [-0.39, 0.29) is 11.3 Å². The molecule has 4 heteroatoms. The summed E-state index contributed by atoms with van der Waals surface area (Å²) >= 11 is 0. The molecule has 0 bridgehead atoms. The molecule has 3 rings (SSSR count). The molecule has 0 atom stereocenters. The zero-order valence-electron chi connectivity index (χ0n) is 9.29. The molecule has 0 aliphatic rings. The van der Waals surface area contributed by atoms with Gasteiger partial charge in [-0.3, -0.25) is 0 Å². The first-order valence-corrected chi connectivity index (χ1v) is 5.41. The SMILES string of the molecule is O=C(O)c1cc2cc3ccccc3nc2cc1O. The predicted molar refractivity (Wildman–Crippen MR) is 67.9 cm³/mol. The molecular weight excluding hydrogens is 230 g/mol. The molecule has 0 fully saturated rings. The number of pyridine rings is 1. The van der Waals surface area contributed by atoms with Crippen LogP contribution in [0.1, 0.15) is 10.4 Å². The first kappa shape index (κ1) is 10.5. The molecule has 0 spiro atoms. The molecule has 0 aliphatic heterocycles. The fraction of sp³-hybridized carbons (Fsp3) is 0. The van der Waals surface area contributed by atoms with Crippen LogP contribution in [0.2, 0.25) is 0 Å². The van der Waals surface area contributed by atoms with Crippen molar-refractivity contribution in [1.29, 1.82) is 0 Å². The summed E-state index contributed by atoms with van der Waals surface area (Å²) in [7, 11) is 0. The minimum absolute atomic E-state index is 0.111. The lowest BCUT2D eigenvalue weighted by Crippen LogP contribution is -1.97. The Morgan fingerprint density at radius 1 is 1.00 bits per heavy atom. The molecule has 4 nitrogen and oxygen atoms in total. The van der Waals surface area contributed by atoms with Crippen molar-refractivity contribution >= 4 is 27.8 Å². The summed E-state index contributed by atoms with van der Waals surface area (Å²) in [4.78, 5) is 15.3. The molecule has 0 aliphatic carbocycles. The first-order valence-electron chi connectivity index (χ1n) is 5.41. The Hall–Kier alpha value is -2.62. The van der Waals surface area contributed by atoms with E-state index in [2.05, 4.69) is 4.98 Å². The molecule has 2 N–H and O–H groups in total. The largest absolute Gasteiger partial charge is 0.507 e. The van der Waals surface area contributed by atoms with E-state index < -0.39 is 5.97 Å². The number of nitrogens with zero attached hydrogens (tertiary/aromatic N) is 1. The maximum Gasteiger partial charge on any atom is 0.339 e. The topological polar surface area (TPSA) is 70.4 Å². The second-order valence-corrected chi connectivity index (χ2v) is 4.05. The van der Waals surface area contributed by atoms with E-state index in [0.29, 0.717) is 10.9 Å². The van der Waals surface area contributed by atoms with Crippen LogP contribution in [0, 0.1) is 0 Å². The fourth-order valence-electron chi connectivity index (χ4n) is 1.99. The van der Waals surface area contributed by atoms with Crippen LogP contribution in [0.5, 0.6) is 5.75 Å². The number of hydrogen-bond acceptors (Lipinski definition) is 3. The van der Waals surface area contributed by atoms with E-state index in [1.165, 1.54) is 12.1 Å². The number of carbonyl (C=O) groups is 1. The highest BCUT2D eigenvalue weighted by atomic mass is 16.4. The van der Waals surface area contributed by atoms with E-state index in [1.54, 1.807) is 0 Å². The van der Waals surface area contributed by atoms with Crippen LogP contribution in [0.4, 0.5) is 0 Å². The normalized spacial score (nSPS) is 10.9. The van der Waals surface area contributed by atoms with Crippen LogP contribution in [0.15, 0.2) is 42.5 Å². The number of rotatable bonds is 1. The quantitative estimate of drug-likeness (QED) is 0.640. The van der Waals surface area contributed by atoms with Crippen LogP contribution in [0.3, 0.4) is 0 Å². The van der Waals surface area contributed by atoms with E-state index in [4.69, 9.17) is 5.11 Å². The number of benzene rings is 2. The number of aromatic nitrogens is 1. The maximum absolute atomic E-state index is 10.9. The van der Waals surface area contributed by atoms with Crippen LogP contribution < -0.4 is 0 Å². The maximum atomic E-state index is 10.9. The Morgan fingerprint density at radius 3 is 2.56 bits per heavy atom. The van der Waals surface area contributed by atoms with Gasteiger partial charge >= 0.3 is 5.97 Å². The number of aromatic hydroxyl groups is 1. The van der Waals surface area contributed by atoms with Crippen LogP contribution in [0.25, 0.3) is 21.8 Å². The standard InChI is InChI=1S/C14H9NO3/c16-13-7-12-9(6-10(13)14(17)18)5-8-3-1-2-4-11(8)15-12/h1-7,16H,(H,17,18). The molecule has 88 valence electrons. The summed E-state index contributed by atoms with van der Waals surface area (Å²) in [5, 5.41) is 20.2. The lowest BCUT2D eigenvalue weighted by molar-refractivity contribution is 0.0694. The van der Waals surface area contributed by atoms with Gasteiger partial charge in [0.2, 0.25) is 0 Å². The molecule has 0 unspecified atom stereocenters. The number of fused-ring (bicyclic) bond motifs is 2. The first-order chi connectivity index (χ1) is 8.65. The minimum atomic E-state index is -1.15. The molecule has 0 amide bonds. The molecule has 1 heterocycles. The lowest BCUT2D eigenvalue weighted by atomic mass is 10.1. The third-order valence-corrected chi connectivity index (χ3v) is 2.86. The van der Waals surface area contributed by atoms with Crippen molar-refractivity contribution in [3.8, 4) is 5.75 Å². The van der Waals surface area contributed by atoms with Gasteiger partial charge in [-0.25, -0.2) is 9.78 Å². The van der Waals surface area contributed by atoms with Gasteiger partial charge in [0.15, 0.2) is 0 Å². The Balaban J connectivity index is 2.40. The fourth-order valence-corrected chi connectivity index (χ4v) is 1.99. The van der Waals surface area contributed by atoms with Crippen molar-refractivity contribution in [2.45, 2.75) is 0 Å². The van der Waals surface area contributed by atoms with Gasteiger partial charge < -0.3 is 10.2 Å². The average Bonchev–Trinajstić information content (AvgIpc) is 2.35. The smallest absolute Gasteiger partial charge is 0.339 e. The molecule has 18 heavy (non-hydrogen) atoms. The molecule has 2 aromatic carbocycles. The van der Waals surface area contributed by atoms with Gasteiger partial charge in [-0.2, -0.15) is 0 Å². The average molecular weight is 239 g/mol. The van der Waals surface area contributed by atoms with Crippen molar-refractivity contribution in [2.24, 2.45) is 0 Å². The monoisotopic (exact) mass is 239 g/mol. The molecule has 0 saturated heterocycles. The summed E-state index contributed by atoms with van der Waals surface area (Å²) in [5.41, 5.74) is 1.28. The molecule has 1 aromatic heterocycles. The van der Waals surface area contributed by atoms with Crippen molar-refractivity contribution in [3.63, 3.8) is 0 Å². The van der Waals surface area contributed by atoms with E-state index in [0.717, 1.165) is 10.9 Å². The number of phenols is 1. The second kappa shape index (κ2) is 3.70. The van der Waals surface area contributed by atoms with Gasteiger partial charge in [0, 0.05) is 16.8 Å². The van der Waals surface area contributed by atoms with E-state index >= 15 is 0 Å². The zero-order valence-corrected chi connectivity index (χ0v) is 9.29. The third-order valence-electron chi connectivity index (χ3n) is 2.86. The van der Waals surface area contributed by atoms with E-state index in [1.807, 2.05) is 30.3 Å². The van der Waals surface area contributed by atoms with Crippen molar-refractivity contribution < 1.29 is 15.0 Å². The highest BCUT2D eigenvalue weighted by Gasteiger charge is 2.11. The Labute approximate surface area is 102 Å². The summed E-state index contributed by atoms with van der Waals surface area (Å²) in [6.45, 7) is 0. The minimum Gasteiger partial charge on any atom is -0.507 e. The van der Waals surface area contributed by atoms with Gasteiger partial charge in [-0.1, -0.05) is 18.2 Å². The van der Waals surface area contributed by atoms with Gasteiger partial charge in [-0.05, 0) is 18.2 Å². The van der Waals surface area contributed by atoms with Crippen molar-refractivity contribution in [3.05, 3.63) is 48.0 Å². The van der Waals surface area contributed by atoms with Gasteiger partial charge in [0.05, 0.1) is 11.0 Å².